The summed E-state index contributed by atoms with van der Waals surface area (Å²) in [7, 11) is 0. The molecule has 4 heterocycles. The number of ether oxygens (including phenoxy) is 2. The van der Waals surface area contributed by atoms with Gasteiger partial charge in [-0.2, -0.15) is 0 Å². The van der Waals surface area contributed by atoms with Gasteiger partial charge in [-0.15, -0.1) is 0 Å². The van der Waals surface area contributed by atoms with Crippen molar-refractivity contribution >= 4 is 28.3 Å². The molecule has 1 aromatic heterocycles. The van der Waals surface area contributed by atoms with Gasteiger partial charge in [0.25, 0.3) is 11.8 Å². The third-order valence-corrected chi connectivity index (χ3v) is 8.51. The van der Waals surface area contributed by atoms with Crippen LogP contribution >= 0.6 is 11.3 Å². The molecule has 2 N–H and O–H groups in total. The third kappa shape index (κ3) is 5.30. The quantitative estimate of drug-likeness (QED) is 0.642. The lowest BCUT2D eigenvalue weighted by Crippen LogP contribution is -2.45. The summed E-state index contributed by atoms with van der Waals surface area (Å²) in [4.78, 5) is 34.8. The van der Waals surface area contributed by atoms with Crippen LogP contribution in [0.4, 0.5) is 5.13 Å². The number of benzene rings is 1. The van der Waals surface area contributed by atoms with Crippen molar-refractivity contribution < 1.29 is 19.1 Å². The van der Waals surface area contributed by atoms with E-state index in [1.165, 1.54) is 11.3 Å². The Kier molecular flexibility index (Phi) is 7.24. The fourth-order valence-electron chi connectivity index (χ4n) is 5.55. The molecule has 3 aliphatic rings. The third-order valence-electron chi connectivity index (χ3n) is 7.69. The predicted octanol–water partition coefficient (Wildman–Crippen LogP) is 3.83. The molecule has 0 saturated carbocycles. The number of anilines is 1. The van der Waals surface area contributed by atoms with Crippen LogP contribution in [-0.4, -0.2) is 72.1 Å². The number of para-hydroxylation sites is 1. The molecule has 35 heavy (non-hydrogen) atoms. The van der Waals surface area contributed by atoms with Gasteiger partial charge in [-0.3, -0.25) is 9.59 Å². The van der Waals surface area contributed by atoms with E-state index in [1.807, 2.05) is 34.1 Å². The van der Waals surface area contributed by atoms with Crippen molar-refractivity contribution in [2.24, 2.45) is 5.41 Å². The van der Waals surface area contributed by atoms with E-state index in [1.54, 1.807) is 6.20 Å². The Balaban J connectivity index is 1.32. The lowest BCUT2D eigenvalue weighted by molar-refractivity contribution is 0.0305. The van der Waals surface area contributed by atoms with Crippen molar-refractivity contribution in [2.75, 3.05) is 45.2 Å². The molecule has 1 aromatic carbocycles. The zero-order valence-electron chi connectivity index (χ0n) is 20.1. The average Bonchev–Trinajstić information content (AvgIpc) is 3.53. The molecule has 9 heteroatoms. The molecule has 2 amide bonds. The minimum absolute atomic E-state index is 0.000342. The number of nitrogens with two attached hydrogens (primary N) is 1. The Morgan fingerprint density at radius 3 is 2.74 bits per heavy atom. The molecule has 0 unspecified atom stereocenters. The van der Waals surface area contributed by atoms with Gasteiger partial charge in [-0.1, -0.05) is 29.9 Å². The molecule has 0 aliphatic carbocycles. The van der Waals surface area contributed by atoms with Gasteiger partial charge in [-0.25, -0.2) is 4.98 Å². The normalized spacial score (nSPS) is 23.3. The van der Waals surface area contributed by atoms with E-state index in [0.29, 0.717) is 54.2 Å². The number of carbonyl (C=O) groups is 2. The number of hydrogen-bond acceptors (Lipinski definition) is 7. The molecule has 1 spiro atoms. The Labute approximate surface area is 210 Å². The Hall–Kier alpha value is -2.65. The second-order valence-corrected chi connectivity index (χ2v) is 11.0. The van der Waals surface area contributed by atoms with Gasteiger partial charge in [0.1, 0.15) is 10.6 Å². The van der Waals surface area contributed by atoms with Gasteiger partial charge in [-0.05, 0) is 50.7 Å². The average molecular weight is 499 g/mol. The maximum Gasteiger partial charge on any atom is 0.265 e. The Morgan fingerprint density at radius 2 is 1.94 bits per heavy atom. The minimum atomic E-state index is -0.0417. The summed E-state index contributed by atoms with van der Waals surface area (Å²) in [5, 5.41) is 0.414. The highest BCUT2D eigenvalue weighted by molar-refractivity contribution is 7.17. The molecule has 2 fully saturated rings. The summed E-state index contributed by atoms with van der Waals surface area (Å²) in [5.74, 6) is 0.682. The zero-order chi connectivity index (χ0) is 24.3. The molecule has 2 saturated heterocycles. The minimum Gasteiger partial charge on any atom is -0.492 e. The summed E-state index contributed by atoms with van der Waals surface area (Å²) in [6.07, 6.45) is 8.33. The first-order chi connectivity index (χ1) is 17.0. The van der Waals surface area contributed by atoms with Crippen LogP contribution in [0.15, 0.2) is 30.5 Å². The topological polar surface area (TPSA) is 98.0 Å². The number of piperidine rings is 1. The number of likely N-dealkylation sites (tertiary alicyclic amines) is 1. The van der Waals surface area contributed by atoms with E-state index in [9.17, 15) is 9.59 Å². The second kappa shape index (κ2) is 10.5. The molecule has 5 rings (SSSR count). The standard InChI is InChI=1S/C26H34N4O4S/c27-25-28-16-22(35-25)24(32)29-13-10-26(11-14-29)9-3-4-15-33-17-19-6-5-12-30(19)23(31)20-7-1-2-8-21(20)34-18-26/h1-2,7-8,16,19H,3-6,9-15,17-18H2,(H2,27,28)/t19-/m0/s1. The van der Waals surface area contributed by atoms with Crippen molar-refractivity contribution in [2.45, 2.75) is 51.0 Å². The lowest BCUT2D eigenvalue weighted by Gasteiger charge is -2.42. The first-order valence-electron chi connectivity index (χ1n) is 12.7. The van der Waals surface area contributed by atoms with Crippen LogP contribution in [0.2, 0.25) is 0 Å². The monoisotopic (exact) mass is 498 g/mol. The van der Waals surface area contributed by atoms with E-state index in [4.69, 9.17) is 15.2 Å². The number of thiazole rings is 1. The second-order valence-electron chi connectivity index (χ2n) is 9.97. The van der Waals surface area contributed by atoms with Gasteiger partial charge < -0.3 is 25.0 Å². The molecule has 1 atom stereocenters. The highest BCUT2D eigenvalue weighted by Crippen LogP contribution is 2.39. The summed E-state index contributed by atoms with van der Waals surface area (Å²) in [6, 6.07) is 7.74. The number of fused-ring (bicyclic) bond motifs is 2. The van der Waals surface area contributed by atoms with E-state index < -0.39 is 0 Å². The van der Waals surface area contributed by atoms with Crippen LogP contribution < -0.4 is 10.5 Å². The van der Waals surface area contributed by atoms with E-state index in [-0.39, 0.29) is 23.3 Å². The fraction of sp³-hybridized carbons (Fsp3) is 0.577. The SMILES string of the molecule is Nc1ncc(C(=O)N2CCC3(CCCCOC[C@@H]4CCCN4C(=O)c4ccccc4OC3)CC2)s1. The Morgan fingerprint density at radius 1 is 1.11 bits per heavy atom. The van der Waals surface area contributed by atoms with Gasteiger partial charge in [0.15, 0.2) is 5.13 Å². The van der Waals surface area contributed by atoms with Gasteiger partial charge >= 0.3 is 0 Å². The summed E-state index contributed by atoms with van der Waals surface area (Å²) in [5.41, 5.74) is 6.31. The number of carbonyl (C=O) groups excluding carboxylic acids is 2. The largest absolute Gasteiger partial charge is 0.492 e. The molecule has 3 aliphatic heterocycles. The van der Waals surface area contributed by atoms with Crippen LogP contribution in [0.3, 0.4) is 0 Å². The first kappa shape index (κ1) is 24.1. The van der Waals surface area contributed by atoms with E-state index in [2.05, 4.69) is 4.98 Å². The number of aromatic nitrogens is 1. The summed E-state index contributed by atoms with van der Waals surface area (Å²) in [6.45, 7) is 3.96. The van der Waals surface area contributed by atoms with Gasteiger partial charge in [0.2, 0.25) is 0 Å². The first-order valence-corrected chi connectivity index (χ1v) is 13.5. The molecule has 0 bridgehead atoms. The smallest absolute Gasteiger partial charge is 0.265 e. The molecular formula is C26H34N4O4S. The number of hydrogen-bond donors (Lipinski definition) is 1. The number of rotatable bonds is 1. The maximum absolute atomic E-state index is 13.4. The van der Waals surface area contributed by atoms with Crippen molar-refractivity contribution in [1.82, 2.24) is 14.8 Å². The number of amides is 2. The molecule has 0 radical (unpaired) electrons. The van der Waals surface area contributed by atoms with Crippen LogP contribution in [0, 0.1) is 5.41 Å². The highest BCUT2D eigenvalue weighted by Gasteiger charge is 2.38. The zero-order valence-corrected chi connectivity index (χ0v) is 20.9. The molecular weight excluding hydrogens is 464 g/mol. The van der Waals surface area contributed by atoms with Crippen molar-refractivity contribution in [3.63, 3.8) is 0 Å². The van der Waals surface area contributed by atoms with Crippen molar-refractivity contribution in [3.05, 3.63) is 40.9 Å². The molecule has 188 valence electrons. The van der Waals surface area contributed by atoms with Gasteiger partial charge in [0, 0.05) is 31.7 Å². The molecule has 8 nitrogen and oxygen atoms in total. The highest BCUT2D eigenvalue weighted by atomic mass is 32.1. The molecule has 2 aromatic rings. The van der Waals surface area contributed by atoms with E-state index in [0.717, 1.165) is 51.5 Å². The van der Waals surface area contributed by atoms with Crippen LogP contribution in [0.5, 0.6) is 5.75 Å². The summed E-state index contributed by atoms with van der Waals surface area (Å²) >= 11 is 1.24. The fourth-order valence-corrected chi connectivity index (χ4v) is 6.20. The van der Waals surface area contributed by atoms with Gasteiger partial charge in [0.05, 0.1) is 31.0 Å². The maximum atomic E-state index is 13.4. The van der Waals surface area contributed by atoms with Crippen molar-refractivity contribution in [3.8, 4) is 5.75 Å². The van der Waals surface area contributed by atoms with Crippen LogP contribution in [0.1, 0.15) is 65.0 Å². The Bertz CT molecular complexity index is 1050. The van der Waals surface area contributed by atoms with Crippen LogP contribution in [0.25, 0.3) is 0 Å². The van der Waals surface area contributed by atoms with Crippen LogP contribution in [-0.2, 0) is 4.74 Å². The predicted molar refractivity (Wildman–Crippen MR) is 135 cm³/mol. The van der Waals surface area contributed by atoms with Crippen molar-refractivity contribution in [1.29, 1.82) is 0 Å². The summed E-state index contributed by atoms with van der Waals surface area (Å²) < 4.78 is 12.4. The number of nitrogens with zero attached hydrogens (tertiary/aromatic N) is 3. The van der Waals surface area contributed by atoms with E-state index >= 15 is 0 Å². The number of nitrogen functional groups attached to an aromatic ring is 1. The lowest BCUT2D eigenvalue weighted by atomic mass is 9.75.